The Hall–Kier alpha value is -2.93. The second kappa shape index (κ2) is 9.05. The van der Waals surface area contributed by atoms with Crippen LogP contribution in [0.4, 0.5) is 0 Å². The van der Waals surface area contributed by atoms with Gasteiger partial charge in [-0.15, -0.1) is 0 Å². The molecule has 2 aliphatic rings. The Kier molecular flexibility index (Phi) is 6.05. The molecule has 4 rings (SSSR count). The normalized spacial score (nSPS) is 18.3. The van der Waals surface area contributed by atoms with Gasteiger partial charge >= 0.3 is 0 Å². The van der Waals surface area contributed by atoms with E-state index in [0.717, 1.165) is 38.2 Å². The molecule has 2 aliphatic heterocycles. The van der Waals surface area contributed by atoms with Crippen molar-refractivity contribution in [2.75, 3.05) is 32.7 Å². The van der Waals surface area contributed by atoms with E-state index >= 15 is 0 Å². The Bertz CT molecular complexity index is 850. The number of nitrogens with zero attached hydrogens (tertiary/aromatic N) is 3. The molecule has 0 radical (unpaired) electrons. The number of para-hydroxylation sites is 1. The van der Waals surface area contributed by atoms with Gasteiger partial charge in [0.15, 0.2) is 0 Å². The van der Waals surface area contributed by atoms with Crippen LogP contribution in [0.2, 0.25) is 0 Å². The van der Waals surface area contributed by atoms with E-state index in [9.17, 15) is 9.59 Å². The summed E-state index contributed by atoms with van der Waals surface area (Å²) in [5, 5.41) is 2.75. The van der Waals surface area contributed by atoms with Crippen molar-refractivity contribution < 1.29 is 14.3 Å². The highest BCUT2D eigenvalue weighted by atomic mass is 16.5. The van der Waals surface area contributed by atoms with Crippen LogP contribution < -0.4 is 10.1 Å². The van der Waals surface area contributed by atoms with Gasteiger partial charge in [-0.05, 0) is 37.1 Å². The van der Waals surface area contributed by atoms with Gasteiger partial charge < -0.3 is 15.0 Å². The molecule has 2 saturated heterocycles. The number of amides is 2. The summed E-state index contributed by atoms with van der Waals surface area (Å²) in [7, 11) is 0. The van der Waals surface area contributed by atoms with Crippen LogP contribution >= 0.6 is 0 Å². The molecule has 0 atom stereocenters. The smallest absolute Gasteiger partial charge is 0.258 e. The summed E-state index contributed by atoms with van der Waals surface area (Å²) in [5.41, 5.74) is 1.60. The number of pyridine rings is 1. The van der Waals surface area contributed by atoms with Gasteiger partial charge in [-0.2, -0.15) is 0 Å². The molecular weight excluding hydrogens is 368 g/mol. The van der Waals surface area contributed by atoms with Crippen LogP contribution in [0.1, 0.15) is 28.9 Å². The predicted molar refractivity (Wildman–Crippen MR) is 109 cm³/mol. The number of nitrogens with one attached hydrogen (secondary N) is 1. The van der Waals surface area contributed by atoms with Crippen molar-refractivity contribution in [1.82, 2.24) is 20.1 Å². The second-order valence-electron chi connectivity index (χ2n) is 7.49. The van der Waals surface area contributed by atoms with E-state index in [2.05, 4.69) is 15.2 Å². The Labute approximate surface area is 170 Å². The number of ether oxygens (including phenoxy) is 1. The molecule has 7 heteroatoms. The Morgan fingerprint density at radius 2 is 1.90 bits per heavy atom. The first-order chi connectivity index (χ1) is 14.2. The Balaban J connectivity index is 1.35. The molecule has 2 fully saturated rings. The van der Waals surface area contributed by atoms with Crippen molar-refractivity contribution in [3.63, 3.8) is 0 Å². The lowest BCUT2D eigenvalue weighted by Gasteiger charge is -2.32. The van der Waals surface area contributed by atoms with Gasteiger partial charge in [-0.3, -0.25) is 19.5 Å². The lowest BCUT2D eigenvalue weighted by atomic mass is 10.1. The van der Waals surface area contributed by atoms with Gasteiger partial charge in [-0.25, -0.2) is 0 Å². The average Bonchev–Trinajstić information content (AvgIpc) is 2.76. The third-order valence-electron chi connectivity index (χ3n) is 5.38. The summed E-state index contributed by atoms with van der Waals surface area (Å²) >= 11 is 0. The van der Waals surface area contributed by atoms with Gasteiger partial charge in [0.05, 0.1) is 17.8 Å². The minimum Gasteiger partial charge on any atom is -0.489 e. The summed E-state index contributed by atoms with van der Waals surface area (Å²) in [6.07, 6.45) is 3.71. The van der Waals surface area contributed by atoms with Crippen molar-refractivity contribution >= 4 is 11.8 Å². The minimum atomic E-state index is -0.150. The summed E-state index contributed by atoms with van der Waals surface area (Å²) in [6.45, 7) is 3.82. The molecule has 7 nitrogen and oxygen atoms in total. The van der Waals surface area contributed by atoms with Crippen LogP contribution in [0.15, 0.2) is 48.7 Å². The highest BCUT2D eigenvalue weighted by Gasteiger charge is 2.26. The van der Waals surface area contributed by atoms with Gasteiger partial charge in [-0.1, -0.05) is 18.2 Å². The van der Waals surface area contributed by atoms with E-state index in [0.29, 0.717) is 24.4 Å². The zero-order valence-electron chi connectivity index (χ0n) is 16.4. The molecule has 29 heavy (non-hydrogen) atoms. The molecule has 0 aliphatic carbocycles. The van der Waals surface area contributed by atoms with E-state index in [-0.39, 0.29) is 24.5 Å². The van der Waals surface area contributed by atoms with Gasteiger partial charge in [0.1, 0.15) is 11.9 Å². The molecule has 2 amide bonds. The number of carbonyl (C=O) groups excluding carboxylic acids is 2. The topological polar surface area (TPSA) is 74.8 Å². The number of carbonyl (C=O) groups is 2. The molecule has 152 valence electrons. The highest BCUT2D eigenvalue weighted by molar-refractivity contribution is 5.99. The summed E-state index contributed by atoms with van der Waals surface area (Å²) in [6, 6.07) is 13.3. The first kappa shape index (κ1) is 19.4. The first-order valence-electron chi connectivity index (χ1n) is 10.1. The Morgan fingerprint density at radius 1 is 1.10 bits per heavy atom. The fraction of sp³-hybridized carbons (Fsp3) is 0.409. The maximum absolute atomic E-state index is 12.9. The zero-order valence-corrected chi connectivity index (χ0v) is 16.4. The number of hydrogen-bond donors (Lipinski definition) is 1. The van der Waals surface area contributed by atoms with Crippen LogP contribution in [-0.2, 0) is 11.3 Å². The zero-order chi connectivity index (χ0) is 20.1. The van der Waals surface area contributed by atoms with Crippen LogP contribution in [0.25, 0.3) is 0 Å². The lowest BCUT2D eigenvalue weighted by molar-refractivity contribution is -0.123. The molecule has 1 aromatic carbocycles. The van der Waals surface area contributed by atoms with Crippen LogP contribution in [0.3, 0.4) is 0 Å². The van der Waals surface area contributed by atoms with Crippen molar-refractivity contribution in [3.05, 3.63) is 59.9 Å². The quantitative estimate of drug-likeness (QED) is 0.836. The van der Waals surface area contributed by atoms with Crippen LogP contribution in [-0.4, -0.2) is 65.4 Å². The number of likely N-dealkylation sites (tertiary alicyclic amines) is 1. The number of piperazine rings is 1. The highest BCUT2D eigenvalue weighted by Crippen LogP contribution is 2.25. The average molecular weight is 394 g/mol. The molecule has 0 bridgehead atoms. The fourth-order valence-corrected chi connectivity index (χ4v) is 3.81. The van der Waals surface area contributed by atoms with Crippen molar-refractivity contribution in [2.24, 2.45) is 0 Å². The molecule has 3 heterocycles. The number of benzene rings is 1. The molecule has 2 aromatic rings. The third kappa shape index (κ3) is 4.92. The molecule has 0 saturated carbocycles. The molecule has 1 N–H and O–H groups in total. The molecular formula is C22H26N4O3. The van der Waals surface area contributed by atoms with E-state index in [1.165, 1.54) is 0 Å². The number of rotatable bonds is 5. The lowest BCUT2D eigenvalue weighted by Crippen LogP contribution is -2.50. The largest absolute Gasteiger partial charge is 0.489 e. The maximum atomic E-state index is 12.9. The third-order valence-corrected chi connectivity index (χ3v) is 5.38. The predicted octanol–water partition coefficient (Wildman–Crippen LogP) is 1.70. The van der Waals surface area contributed by atoms with Crippen LogP contribution in [0, 0.1) is 0 Å². The van der Waals surface area contributed by atoms with E-state index in [4.69, 9.17) is 4.74 Å². The maximum Gasteiger partial charge on any atom is 0.258 e. The first-order valence-corrected chi connectivity index (χ1v) is 10.1. The van der Waals surface area contributed by atoms with Crippen LogP contribution in [0.5, 0.6) is 5.75 Å². The van der Waals surface area contributed by atoms with Gasteiger partial charge in [0, 0.05) is 38.9 Å². The SMILES string of the molecule is O=C1CN(C(=O)c2ccccc2OC2CCN(Cc3ccccn3)CC2)CCN1. The summed E-state index contributed by atoms with van der Waals surface area (Å²) in [4.78, 5) is 32.9. The number of aromatic nitrogens is 1. The second-order valence-corrected chi connectivity index (χ2v) is 7.49. The molecule has 1 aromatic heterocycles. The van der Waals surface area contributed by atoms with Crippen molar-refractivity contribution in [2.45, 2.75) is 25.5 Å². The van der Waals surface area contributed by atoms with Crippen molar-refractivity contribution in [1.29, 1.82) is 0 Å². The van der Waals surface area contributed by atoms with E-state index < -0.39 is 0 Å². The number of piperidine rings is 1. The van der Waals surface area contributed by atoms with Gasteiger partial charge in [0.2, 0.25) is 5.91 Å². The standard InChI is InChI=1S/C22H26N4O3/c27-21-16-26(14-11-24-21)22(28)19-6-1-2-7-20(19)29-18-8-12-25(13-9-18)15-17-5-3-4-10-23-17/h1-7,10,18H,8-9,11-16H2,(H,24,27). The summed E-state index contributed by atoms with van der Waals surface area (Å²) in [5.74, 6) is 0.331. The number of hydrogen-bond acceptors (Lipinski definition) is 5. The van der Waals surface area contributed by atoms with Crippen molar-refractivity contribution in [3.8, 4) is 5.75 Å². The monoisotopic (exact) mass is 394 g/mol. The minimum absolute atomic E-state index is 0.0774. The fourth-order valence-electron chi connectivity index (χ4n) is 3.81. The van der Waals surface area contributed by atoms with E-state index in [1.54, 1.807) is 11.0 Å². The van der Waals surface area contributed by atoms with Gasteiger partial charge in [0.25, 0.3) is 5.91 Å². The molecule has 0 unspecified atom stereocenters. The summed E-state index contributed by atoms with van der Waals surface area (Å²) < 4.78 is 6.23. The van der Waals surface area contributed by atoms with E-state index in [1.807, 2.05) is 42.6 Å². The Morgan fingerprint density at radius 3 is 2.66 bits per heavy atom. The molecule has 0 spiro atoms.